The van der Waals surface area contributed by atoms with Gasteiger partial charge in [0.1, 0.15) is 16.5 Å². The summed E-state index contributed by atoms with van der Waals surface area (Å²) in [6.07, 6.45) is 0. The number of methoxy groups -OCH3 is 1. The summed E-state index contributed by atoms with van der Waals surface area (Å²) in [6, 6.07) is 2.24. The Kier molecular flexibility index (Phi) is 5.63. The van der Waals surface area contributed by atoms with Gasteiger partial charge in [0.2, 0.25) is 10.0 Å². The Morgan fingerprint density at radius 3 is 2.77 bits per heavy atom. The van der Waals surface area contributed by atoms with Crippen molar-refractivity contribution in [1.29, 1.82) is 0 Å². The molecule has 2 atom stereocenters. The predicted molar refractivity (Wildman–Crippen MR) is 86.5 cm³/mol. The number of benzene rings is 1. The molecule has 1 fully saturated rings. The molecule has 0 N–H and O–H groups in total. The van der Waals surface area contributed by atoms with Gasteiger partial charge in [-0.15, -0.1) is 0 Å². The van der Waals surface area contributed by atoms with Gasteiger partial charge in [0, 0.05) is 35.4 Å². The van der Waals surface area contributed by atoms with Crippen LogP contribution in [-0.2, 0) is 20.8 Å². The van der Waals surface area contributed by atoms with Crippen molar-refractivity contribution in [3.8, 4) is 5.75 Å². The van der Waals surface area contributed by atoms with Crippen LogP contribution in [0.25, 0.3) is 0 Å². The van der Waals surface area contributed by atoms with Crippen LogP contribution in [0.3, 0.4) is 0 Å². The number of ether oxygens (including phenoxy) is 1. The van der Waals surface area contributed by atoms with Crippen molar-refractivity contribution in [3.63, 3.8) is 0 Å². The van der Waals surface area contributed by atoms with Crippen LogP contribution in [0, 0.1) is 11.7 Å². The monoisotopic (exact) mass is 413 g/mol. The standard InChI is InChI=1S/C13H17BrFNO4S2/c1-9-7-16(3-4-21(17)8-9)22(18,19)13-6-11(15)10(14)5-12(13)20-2/h5-6,9H,3-4,7-8H2,1-2H3/t9-,21-/m0/s1. The fourth-order valence-electron chi connectivity index (χ4n) is 2.32. The molecule has 0 aliphatic carbocycles. The van der Waals surface area contributed by atoms with Crippen molar-refractivity contribution in [3.05, 3.63) is 22.4 Å². The Labute approximate surface area is 140 Å². The van der Waals surface area contributed by atoms with E-state index in [0.29, 0.717) is 5.75 Å². The Bertz CT molecular complexity index is 696. The van der Waals surface area contributed by atoms with Crippen molar-refractivity contribution < 1.29 is 21.8 Å². The third kappa shape index (κ3) is 3.69. The molecule has 0 saturated carbocycles. The molecule has 1 aromatic rings. The molecule has 1 aliphatic rings. The fourth-order valence-corrected chi connectivity index (χ4v) is 5.80. The van der Waals surface area contributed by atoms with Gasteiger partial charge in [-0.25, -0.2) is 12.8 Å². The van der Waals surface area contributed by atoms with Crippen LogP contribution in [0.1, 0.15) is 6.92 Å². The Morgan fingerprint density at radius 2 is 2.14 bits per heavy atom. The van der Waals surface area contributed by atoms with E-state index in [4.69, 9.17) is 4.74 Å². The minimum Gasteiger partial charge on any atom is -0.495 e. The molecule has 5 nitrogen and oxygen atoms in total. The molecular weight excluding hydrogens is 397 g/mol. The average Bonchev–Trinajstić information content (AvgIpc) is 2.62. The predicted octanol–water partition coefficient (Wildman–Crippen LogP) is 1.99. The molecule has 1 heterocycles. The van der Waals surface area contributed by atoms with Gasteiger partial charge in [-0.1, -0.05) is 6.92 Å². The quantitative estimate of drug-likeness (QED) is 0.759. The first-order valence-corrected chi connectivity index (χ1v) is 10.4. The van der Waals surface area contributed by atoms with Crippen LogP contribution in [0.4, 0.5) is 4.39 Å². The molecule has 124 valence electrons. The minimum absolute atomic E-state index is 0.0237. The third-order valence-corrected chi connectivity index (χ3v) is 7.45. The maximum absolute atomic E-state index is 13.8. The number of rotatable bonds is 3. The van der Waals surface area contributed by atoms with Crippen molar-refractivity contribution in [2.45, 2.75) is 11.8 Å². The Morgan fingerprint density at radius 1 is 1.45 bits per heavy atom. The molecule has 0 unspecified atom stereocenters. The van der Waals surface area contributed by atoms with Gasteiger partial charge in [-0.05, 0) is 34.0 Å². The Hall–Kier alpha value is -0.510. The molecule has 0 amide bonds. The first-order chi connectivity index (χ1) is 10.3. The topological polar surface area (TPSA) is 63.7 Å². The minimum atomic E-state index is -3.91. The smallest absolute Gasteiger partial charge is 0.246 e. The normalized spacial score (nSPS) is 24.0. The SMILES string of the molecule is COc1cc(Br)c(F)cc1S(=O)(=O)N1CC[S@](=O)C[C@@H](C)C1. The lowest BCUT2D eigenvalue weighted by molar-refractivity contribution is 0.377. The zero-order valence-electron chi connectivity index (χ0n) is 12.2. The maximum atomic E-state index is 13.8. The van der Waals surface area contributed by atoms with Crippen molar-refractivity contribution in [2.75, 3.05) is 31.7 Å². The van der Waals surface area contributed by atoms with Crippen molar-refractivity contribution in [1.82, 2.24) is 4.31 Å². The van der Waals surface area contributed by atoms with E-state index >= 15 is 0 Å². The average molecular weight is 414 g/mol. The summed E-state index contributed by atoms with van der Waals surface area (Å²) in [5.41, 5.74) is 0. The number of halogens is 2. The van der Waals surface area contributed by atoms with E-state index in [2.05, 4.69) is 15.9 Å². The second-order valence-electron chi connectivity index (χ2n) is 5.20. The molecule has 1 saturated heterocycles. The highest BCUT2D eigenvalue weighted by Crippen LogP contribution is 2.32. The molecule has 0 spiro atoms. The highest BCUT2D eigenvalue weighted by atomic mass is 79.9. The maximum Gasteiger partial charge on any atom is 0.246 e. The molecule has 0 bridgehead atoms. The van der Waals surface area contributed by atoms with Gasteiger partial charge in [0.05, 0.1) is 11.6 Å². The molecular formula is C13H17BrFNO4S2. The van der Waals surface area contributed by atoms with E-state index in [0.717, 1.165) is 6.07 Å². The summed E-state index contributed by atoms with van der Waals surface area (Å²) < 4.78 is 57.6. The van der Waals surface area contributed by atoms with Crippen molar-refractivity contribution >= 4 is 36.8 Å². The summed E-state index contributed by atoms with van der Waals surface area (Å²) in [4.78, 5) is -0.212. The second-order valence-corrected chi connectivity index (χ2v) is 9.58. The van der Waals surface area contributed by atoms with Gasteiger partial charge in [0.25, 0.3) is 0 Å². The number of nitrogens with zero attached hydrogens (tertiary/aromatic N) is 1. The van der Waals surface area contributed by atoms with Crippen LogP contribution in [0.2, 0.25) is 0 Å². The summed E-state index contributed by atoms with van der Waals surface area (Å²) in [6.45, 7) is 2.26. The van der Waals surface area contributed by atoms with Gasteiger partial charge in [0.15, 0.2) is 0 Å². The van der Waals surface area contributed by atoms with E-state index in [-0.39, 0.29) is 39.9 Å². The molecule has 22 heavy (non-hydrogen) atoms. The summed E-state index contributed by atoms with van der Waals surface area (Å²) >= 11 is 3.01. The molecule has 9 heteroatoms. The highest BCUT2D eigenvalue weighted by Gasteiger charge is 2.32. The van der Waals surface area contributed by atoms with E-state index in [1.54, 1.807) is 0 Å². The van der Waals surface area contributed by atoms with Gasteiger partial charge >= 0.3 is 0 Å². The van der Waals surface area contributed by atoms with Crippen molar-refractivity contribution in [2.24, 2.45) is 5.92 Å². The first-order valence-electron chi connectivity index (χ1n) is 6.64. The summed E-state index contributed by atoms with van der Waals surface area (Å²) in [7, 11) is -3.61. The molecule has 1 aromatic carbocycles. The zero-order chi connectivity index (χ0) is 16.5. The van der Waals surface area contributed by atoms with Crippen LogP contribution in [-0.4, -0.2) is 48.6 Å². The fraction of sp³-hybridized carbons (Fsp3) is 0.538. The number of hydrogen-bond acceptors (Lipinski definition) is 4. The van der Waals surface area contributed by atoms with Crippen LogP contribution >= 0.6 is 15.9 Å². The van der Waals surface area contributed by atoms with Crippen LogP contribution in [0.15, 0.2) is 21.5 Å². The van der Waals surface area contributed by atoms with E-state index in [1.165, 1.54) is 17.5 Å². The number of sulfonamides is 1. The van der Waals surface area contributed by atoms with Gasteiger partial charge < -0.3 is 4.74 Å². The van der Waals surface area contributed by atoms with E-state index in [9.17, 15) is 17.0 Å². The van der Waals surface area contributed by atoms with E-state index in [1.807, 2.05) is 6.92 Å². The Balaban J connectivity index is 2.46. The molecule has 0 radical (unpaired) electrons. The first kappa shape index (κ1) is 17.8. The van der Waals surface area contributed by atoms with Gasteiger partial charge in [-0.2, -0.15) is 4.31 Å². The van der Waals surface area contributed by atoms with E-state index < -0.39 is 26.6 Å². The lowest BCUT2D eigenvalue weighted by Crippen LogP contribution is -2.35. The third-order valence-electron chi connectivity index (χ3n) is 3.38. The zero-order valence-corrected chi connectivity index (χ0v) is 15.4. The van der Waals surface area contributed by atoms with Crippen LogP contribution in [0.5, 0.6) is 5.75 Å². The molecule has 0 aromatic heterocycles. The molecule has 2 rings (SSSR count). The number of hydrogen-bond donors (Lipinski definition) is 0. The second kappa shape index (κ2) is 6.94. The lowest BCUT2D eigenvalue weighted by atomic mass is 10.2. The highest BCUT2D eigenvalue weighted by molar-refractivity contribution is 9.10. The van der Waals surface area contributed by atoms with Gasteiger partial charge in [-0.3, -0.25) is 4.21 Å². The lowest BCUT2D eigenvalue weighted by Gasteiger charge is -2.23. The molecule has 1 aliphatic heterocycles. The summed E-state index contributed by atoms with van der Waals surface area (Å²) in [5, 5.41) is 0. The summed E-state index contributed by atoms with van der Waals surface area (Å²) in [5.74, 6) is 0.129. The largest absolute Gasteiger partial charge is 0.495 e. The van der Waals surface area contributed by atoms with Crippen LogP contribution < -0.4 is 4.74 Å².